The number of aliphatic hydroxyl groups is 3. The molecule has 0 aliphatic carbocycles. The summed E-state index contributed by atoms with van der Waals surface area (Å²) in [5.41, 5.74) is -1.50. The maximum Gasteiger partial charge on any atom is 0.285 e. The molecule has 4 N–H and O–H groups in total. The molecule has 36 heavy (non-hydrogen) atoms. The SMILES string of the molecule is CC(C)(C)O.CC(C)(C)O.CC(C)(C)O.O[Si](c1ccccc1)(c1ccccc1)c1ccccc1.[Ti]. The average molecular weight is 547 g/mol. The van der Waals surface area contributed by atoms with Crippen LogP contribution in [0, 0.1) is 0 Å². The first-order valence-corrected chi connectivity index (χ1v) is 13.8. The zero-order valence-electron chi connectivity index (χ0n) is 23.4. The summed E-state index contributed by atoms with van der Waals surface area (Å²) in [6, 6.07) is 30.0. The molecule has 0 saturated carbocycles. The van der Waals surface area contributed by atoms with Crippen molar-refractivity contribution in [1.29, 1.82) is 0 Å². The molecule has 3 aromatic rings. The van der Waals surface area contributed by atoms with Crippen molar-refractivity contribution in [3.63, 3.8) is 0 Å². The molecule has 3 aromatic carbocycles. The predicted molar refractivity (Wildman–Crippen MR) is 152 cm³/mol. The normalized spacial score (nSPS) is 11.2. The van der Waals surface area contributed by atoms with Gasteiger partial charge in [0.05, 0.1) is 16.8 Å². The first-order chi connectivity index (χ1) is 15.8. The number of rotatable bonds is 3. The van der Waals surface area contributed by atoms with E-state index in [4.69, 9.17) is 15.3 Å². The van der Waals surface area contributed by atoms with Gasteiger partial charge in [0.25, 0.3) is 8.32 Å². The molecule has 0 aliphatic heterocycles. The smallest absolute Gasteiger partial charge is 0.285 e. The summed E-state index contributed by atoms with van der Waals surface area (Å²) in [6.45, 7) is 15.7. The molecule has 0 aliphatic rings. The summed E-state index contributed by atoms with van der Waals surface area (Å²) < 4.78 is 0. The molecule has 3 rings (SSSR count). The minimum atomic E-state index is -2.88. The van der Waals surface area contributed by atoms with E-state index >= 15 is 0 Å². The van der Waals surface area contributed by atoms with Crippen LogP contribution in [0.4, 0.5) is 0 Å². The van der Waals surface area contributed by atoms with Crippen molar-refractivity contribution in [3.8, 4) is 0 Å². The van der Waals surface area contributed by atoms with Gasteiger partial charge in [0.1, 0.15) is 0 Å². The number of hydrogen-bond acceptors (Lipinski definition) is 4. The van der Waals surface area contributed by atoms with Gasteiger partial charge in [-0.3, -0.25) is 0 Å². The second-order valence-electron chi connectivity index (χ2n) is 11.3. The molecule has 0 bridgehead atoms. The Hall–Kier alpha value is -1.57. The Morgan fingerprint density at radius 1 is 0.417 bits per heavy atom. The van der Waals surface area contributed by atoms with Crippen molar-refractivity contribution in [2.45, 2.75) is 79.1 Å². The van der Waals surface area contributed by atoms with E-state index in [1.807, 2.05) is 91.0 Å². The Balaban J connectivity index is 0. The van der Waals surface area contributed by atoms with Gasteiger partial charge in [-0.25, -0.2) is 0 Å². The van der Waals surface area contributed by atoms with Crippen molar-refractivity contribution in [2.75, 3.05) is 0 Å². The van der Waals surface area contributed by atoms with E-state index in [0.717, 1.165) is 15.6 Å². The third-order valence-electron chi connectivity index (χ3n) is 3.57. The van der Waals surface area contributed by atoms with E-state index < -0.39 is 25.1 Å². The number of hydrogen-bond donors (Lipinski definition) is 4. The second kappa shape index (κ2) is 16.3. The monoisotopic (exact) mass is 546 g/mol. The van der Waals surface area contributed by atoms with Crippen LogP contribution in [-0.2, 0) is 21.7 Å². The summed E-state index contributed by atoms with van der Waals surface area (Å²) in [6.07, 6.45) is 0. The maximum absolute atomic E-state index is 11.6. The zero-order valence-corrected chi connectivity index (χ0v) is 26.0. The van der Waals surface area contributed by atoms with Crippen LogP contribution >= 0.6 is 0 Å². The molecule has 0 atom stereocenters. The quantitative estimate of drug-likeness (QED) is 0.296. The van der Waals surface area contributed by atoms with Crippen LogP contribution in [0.1, 0.15) is 62.3 Å². The molecular weight excluding hydrogens is 500 g/mol. The van der Waals surface area contributed by atoms with Crippen molar-refractivity contribution in [1.82, 2.24) is 0 Å². The summed E-state index contributed by atoms with van der Waals surface area (Å²) in [4.78, 5) is 11.6. The Morgan fingerprint density at radius 3 is 0.694 bits per heavy atom. The molecule has 6 heteroatoms. The van der Waals surface area contributed by atoms with Crippen LogP contribution in [0.2, 0.25) is 0 Å². The molecule has 198 valence electrons. The topological polar surface area (TPSA) is 80.9 Å². The summed E-state index contributed by atoms with van der Waals surface area (Å²) in [7, 11) is -2.88. The first-order valence-electron chi connectivity index (χ1n) is 11.9. The van der Waals surface area contributed by atoms with Crippen molar-refractivity contribution in [2.24, 2.45) is 0 Å². The fourth-order valence-electron chi connectivity index (χ4n) is 2.54. The molecule has 0 spiro atoms. The van der Waals surface area contributed by atoms with Crippen LogP contribution in [-0.4, -0.2) is 45.2 Å². The van der Waals surface area contributed by atoms with Gasteiger partial charge >= 0.3 is 0 Å². The zero-order chi connectivity index (χ0) is 27.3. The van der Waals surface area contributed by atoms with Crippen LogP contribution in [0.25, 0.3) is 0 Å². The van der Waals surface area contributed by atoms with Gasteiger partial charge in [0.2, 0.25) is 0 Å². The van der Waals surface area contributed by atoms with Gasteiger partial charge < -0.3 is 20.1 Å². The van der Waals surface area contributed by atoms with Crippen LogP contribution in [0.15, 0.2) is 91.0 Å². The van der Waals surface area contributed by atoms with Gasteiger partial charge in [-0.05, 0) is 77.9 Å². The molecule has 0 amide bonds. The van der Waals surface area contributed by atoms with Gasteiger partial charge in [-0.1, -0.05) is 91.0 Å². The number of benzene rings is 3. The maximum atomic E-state index is 11.6. The van der Waals surface area contributed by atoms with E-state index in [1.165, 1.54) is 0 Å². The molecule has 0 fully saturated rings. The van der Waals surface area contributed by atoms with Gasteiger partial charge in [-0.15, -0.1) is 0 Å². The Morgan fingerprint density at radius 2 is 0.556 bits per heavy atom. The van der Waals surface area contributed by atoms with Crippen LogP contribution in [0.3, 0.4) is 0 Å². The van der Waals surface area contributed by atoms with Crippen LogP contribution in [0.5, 0.6) is 0 Å². The second-order valence-corrected chi connectivity index (χ2v) is 14.5. The fraction of sp³-hybridized carbons (Fsp3) is 0.400. The van der Waals surface area contributed by atoms with Crippen molar-refractivity contribution < 1.29 is 41.8 Å². The van der Waals surface area contributed by atoms with Gasteiger partial charge in [0.15, 0.2) is 0 Å². The summed E-state index contributed by atoms with van der Waals surface area (Å²) in [5, 5.41) is 28.6. The summed E-state index contributed by atoms with van der Waals surface area (Å²) >= 11 is 0. The Bertz CT molecular complexity index is 787. The first kappa shape index (κ1) is 36.6. The molecule has 0 saturated heterocycles. The third-order valence-corrected chi connectivity index (χ3v) is 7.08. The average Bonchev–Trinajstić information content (AvgIpc) is 2.71. The van der Waals surface area contributed by atoms with E-state index in [9.17, 15) is 4.80 Å². The Kier molecular flexibility index (Phi) is 16.6. The molecule has 4 nitrogen and oxygen atoms in total. The predicted octanol–water partition coefficient (Wildman–Crippen LogP) is 3.97. The van der Waals surface area contributed by atoms with E-state index in [-0.39, 0.29) is 21.7 Å². The van der Waals surface area contributed by atoms with Gasteiger partial charge in [-0.2, -0.15) is 0 Å². The summed E-state index contributed by atoms with van der Waals surface area (Å²) in [5.74, 6) is 0. The van der Waals surface area contributed by atoms with E-state index in [2.05, 4.69) is 0 Å². The Labute approximate surface area is 235 Å². The minimum Gasteiger partial charge on any atom is -0.421 e. The molecule has 0 radical (unpaired) electrons. The van der Waals surface area contributed by atoms with Crippen molar-refractivity contribution in [3.05, 3.63) is 91.0 Å². The van der Waals surface area contributed by atoms with Crippen LogP contribution < -0.4 is 15.6 Å². The van der Waals surface area contributed by atoms with E-state index in [1.54, 1.807) is 62.3 Å². The minimum absolute atomic E-state index is 0. The standard InChI is InChI=1S/C18H16OSi.3C4H10O.Ti/c19-20(16-10-4-1-5-11-16,17-12-6-2-7-13-17)18-14-8-3-9-15-18;3*1-4(2,3)5;/h1-15,19H;3*5H,1-3H3;. The fourth-order valence-corrected chi connectivity index (χ4v) is 5.56. The molecule has 0 aromatic heterocycles. The largest absolute Gasteiger partial charge is 0.421 e. The van der Waals surface area contributed by atoms with E-state index in [0.29, 0.717) is 0 Å². The van der Waals surface area contributed by atoms with Gasteiger partial charge in [0, 0.05) is 21.7 Å². The van der Waals surface area contributed by atoms with Crippen molar-refractivity contribution >= 4 is 23.9 Å². The third kappa shape index (κ3) is 19.6. The molecular formula is C30H46O4SiTi. The molecule has 0 heterocycles. The molecule has 0 unspecified atom stereocenters.